The van der Waals surface area contributed by atoms with Crippen molar-refractivity contribution in [2.75, 3.05) is 7.11 Å². The molecule has 1 heterocycles. The largest absolute Gasteiger partial charge is 0.427 e. The molecule has 0 radical (unpaired) electrons. The number of rotatable bonds is 3. The molecule has 0 amide bonds. The summed E-state index contributed by atoms with van der Waals surface area (Å²) in [6.45, 7) is -0.136. The van der Waals surface area contributed by atoms with Crippen molar-refractivity contribution < 1.29 is 17.9 Å². The third kappa shape index (κ3) is 3.08. The number of alkyl halides is 3. The number of hydrogen-bond acceptors (Lipinski definition) is 3. The number of halogens is 4. The number of benzene rings is 1. The molecule has 0 saturated heterocycles. The molecule has 0 aliphatic heterocycles. The summed E-state index contributed by atoms with van der Waals surface area (Å²) in [7, 11) is 1.35. The molecule has 7 heteroatoms. The normalized spacial score (nSPS) is 11.8. The van der Waals surface area contributed by atoms with E-state index in [-0.39, 0.29) is 17.9 Å². The number of ether oxygens (including phenoxy) is 1. The van der Waals surface area contributed by atoms with E-state index < -0.39 is 11.1 Å². The summed E-state index contributed by atoms with van der Waals surface area (Å²) in [5.41, 5.74) is 0.932. The highest BCUT2D eigenvalue weighted by Crippen LogP contribution is 2.40. The first-order valence-electron chi connectivity index (χ1n) is 5.24. The Morgan fingerprint density at radius 3 is 2.42 bits per heavy atom. The Kier molecular flexibility index (Phi) is 4.13. The fourth-order valence-corrected chi connectivity index (χ4v) is 2.54. The van der Waals surface area contributed by atoms with E-state index in [1.54, 1.807) is 24.3 Å². The van der Waals surface area contributed by atoms with Crippen LogP contribution in [0.25, 0.3) is 11.3 Å². The molecule has 0 saturated carbocycles. The van der Waals surface area contributed by atoms with Gasteiger partial charge in [0.2, 0.25) is 0 Å². The maximum absolute atomic E-state index is 12.9. The van der Waals surface area contributed by atoms with Crippen LogP contribution in [-0.4, -0.2) is 11.5 Å². The van der Waals surface area contributed by atoms with Crippen molar-refractivity contribution in [3.8, 4) is 11.3 Å². The molecule has 102 valence electrons. The van der Waals surface area contributed by atoms with Gasteiger partial charge in [0.05, 0.1) is 12.3 Å². The topological polar surface area (TPSA) is 22.1 Å². The Morgan fingerprint density at radius 2 is 1.89 bits per heavy atom. The first-order chi connectivity index (χ1) is 8.93. The molecule has 1 aromatic heterocycles. The van der Waals surface area contributed by atoms with Crippen molar-refractivity contribution >= 4 is 23.1 Å². The molecule has 0 spiro atoms. The van der Waals surface area contributed by atoms with Gasteiger partial charge in [0.25, 0.3) is 0 Å². The van der Waals surface area contributed by atoms with E-state index in [4.69, 9.17) is 16.3 Å². The third-order valence-corrected chi connectivity index (χ3v) is 3.64. The molecule has 2 nitrogen and oxygen atoms in total. The van der Waals surface area contributed by atoms with E-state index in [1.807, 2.05) is 0 Å². The highest BCUT2D eigenvalue weighted by molar-refractivity contribution is 7.06. The highest BCUT2D eigenvalue weighted by Gasteiger charge is 2.37. The molecule has 0 unspecified atom stereocenters. The van der Waals surface area contributed by atoms with E-state index in [0.717, 1.165) is 0 Å². The lowest BCUT2D eigenvalue weighted by Crippen LogP contribution is -2.06. The lowest BCUT2D eigenvalue weighted by atomic mass is 10.1. The zero-order valence-corrected chi connectivity index (χ0v) is 11.4. The first kappa shape index (κ1) is 14.3. The van der Waals surface area contributed by atoms with Crippen LogP contribution in [0, 0.1) is 0 Å². The van der Waals surface area contributed by atoms with Gasteiger partial charge in [0.1, 0.15) is 4.88 Å². The Balaban J connectivity index is 2.51. The van der Waals surface area contributed by atoms with Crippen molar-refractivity contribution in [3.63, 3.8) is 0 Å². The maximum Gasteiger partial charge on any atom is 0.427 e. The molecule has 0 atom stereocenters. The third-order valence-electron chi connectivity index (χ3n) is 2.45. The Labute approximate surface area is 116 Å². The summed E-state index contributed by atoms with van der Waals surface area (Å²) >= 11 is 6.19. The first-order valence-corrected chi connectivity index (χ1v) is 6.39. The van der Waals surface area contributed by atoms with E-state index in [2.05, 4.69) is 4.37 Å². The second-order valence-electron chi connectivity index (χ2n) is 3.78. The molecular weight excluding hydrogens is 299 g/mol. The number of hydrogen-bond donors (Lipinski definition) is 0. The molecule has 0 bridgehead atoms. The number of methoxy groups -OCH3 is 1. The zero-order chi connectivity index (χ0) is 14.0. The molecule has 1 aromatic carbocycles. The van der Waals surface area contributed by atoms with Crippen molar-refractivity contribution in [2.24, 2.45) is 0 Å². The molecule has 0 aliphatic rings. The second-order valence-corrected chi connectivity index (χ2v) is 4.99. The summed E-state index contributed by atoms with van der Waals surface area (Å²) in [5, 5.41) is 0.517. The predicted molar refractivity (Wildman–Crippen MR) is 68.3 cm³/mol. The van der Waals surface area contributed by atoms with Gasteiger partial charge < -0.3 is 4.74 Å². The van der Waals surface area contributed by atoms with Crippen molar-refractivity contribution in [1.82, 2.24) is 4.37 Å². The van der Waals surface area contributed by atoms with Crippen LogP contribution in [0.1, 0.15) is 10.4 Å². The van der Waals surface area contributed by atoms with Crippen LogP contribution in [0.4, 0.5) is 13.2 Å². The number of nitrogens with zero attached hydrogens (tertiary/aromatic N) is 1. The standard InChI is InChI=1S/C12H9ClF3NOS/c1-18-6-9-10(7-2-4-8(13)5-3-7)17-19-11(9)12(14,15)16/h2-5H,6H2,1H3. The predicted octanol–water partition coefficient (Wildman–Crippen LogP) is 4.63. The molecule has 19 heavy (non-hydrogen) atoms. The summed E-state index contributed by atoms with van der Waals surface area (Å²) in [6, 6.07) is 6.49. The SMILES string of the molecule is COCc1c(-c2ccc(Cl)cc2)nsc1C(F)(F)F. The van der Waals surface area contributed by atoms with Crippen LogP contribution in [0.5, 0.6) is 0 Å². The maximum atomic E-state index is 12.9. The minimum atomic E-state index is -4.42. The van der Waals surface area contributed by atoms with E-state index >= 15 is 0 Å². The van der Waals surface area contributed by atoms with E-state index in [1.165, 1.54) is 7.11 Å². The summed E-state index contributed by atoms with van der Waals surface area (Å²) in [4.78, 5) is -0.723. The monoisotopic (exact) mass is 307 g/mol. The quantitative estimate of drug-likeness (QED) is 0.825. The minimum Gasteiger partial charge on any atom is -0.380 e. The van der Waals surface area contributed by atoms with Crippen LogP contribution in [0.3, 0.4) is 0 Å². The van der Waals surface area contributed by atoms with Crippen LogP contribution in [-0.2, 0) is 17.5 Å². The molecule has 0 N–H and O–H groups in total. The van der Waals surface area contributed by atoms with Crippen LogP contribution in [0.2, 0.25) is 5.02 Å². The lowest BCUT2D eigenvalue weighted by molar-refractivity contribution is -0.135. The zero-order valence-electron chi connectivity index (χ0n) is 9.79. The van der Waals surface area contributed by atoms with E-state index in [9.17, 15) is 13.2 Å². The fourth-order valence-electron chi connectivity index (χ4n) is 1.64. The smallest absolute Gasteiger partial charge is 0.380 e. The van der Waals surface area contributed by atoms with Gasteiger partial charge in [-0.25, -0.2) is 0 Å². The second kappa shape index (κ2) is 5.48. The molecule has 0 aliphatic carbocycles. The van der Waals surface area contributed by atoms with Crippen LogP contribution < -0.4 is 0 Å². The summed E-state index contributed by atoms with van der Waals surface area (Å²) < 4.78 is 47.3. The van der Waals surface area contributed by atoms with Gasteiger partial charge in [-0.05, 0) is 23.7 Å². The highest BCUT2D eigenvalue weighted by atomic mass is 35.5. The van der Waals surface area contributed by atoms with Crippen molar-refractivity contribution in [1.29, 1.82) is 0 Å². The van der Waals surface area contributed by atoms with Gasteiger partial charge in [-0.3, -0.25) is 0 Å². The Hall–Kier alpha value is -1.11. The Morgan fingerprint density at radius 1 is 1.26 bits per heavy atom. The number of aromatic nitrogens is 1. The van der Waals surface area contributed by atoms with Gasteiger partial charge in [-0.1, -0.05) is 23.7 Å². The van der Waals surface area contributed by atoms with Crippen molar-refractivity contribution in [3.05, 3.63) is 39.7 Å². The summed E-state index contributed by atoms with van der Waals surface area (Å²) in [5.74, 6) is 0. The van der Waals surface area contributed by atoms with Crippen LogP contribution in [0.15, 0.2) is 24.3 Å². The van der Waals surface area contributed by atoms with Gasteiger partial charge in [0, 0.05) is 23.3 Å². The fraction of sp³-hybridized carbons (Fsp3) is 0.250. The molecule has 2 rings (SSSR count). The lowest BCUT2D eigenvalue weighted by Gasteiger charge is -2.08. The molecular formula is C12H9ClF3NOS. The average molecular weight is 308 g/mol. The van der Waals surface area contributed by atoms with Crippen molar-refractivity contribution in [2.45, 2.75) is 12.8 Å². The Bertz CT molecular complexity index is 565. The van der Waals surface area contributed by atoms with Gasteiger partial charge in [-0.15, -0.1) is 0 Å². The molecule has 2 aromatic rings. The van der Waals surface area contributed by atoms with E-state index in [0.29, 0.717) is 22.1 Å². The summed E-state index contributed by atoms with van der Waals surface area (Å²) in [6.07, 6.45) is -4.42. The van der Waals surface area contributed by atoms with Gasteiger partial charge in [0.15, 0.2) is 0 Å². The molecule has 0 fully saturated rings. The average Bonchev–Trinajstić information content (AvgIpc) is 2.74. The van der Waals surface area contributed by atoms with Gasteiger partial charge in [-0.2, -0.15) is 17.5 Å². The van der Waals surface area contributed by atoms with Crippen LogP contribution >= 0.6 is 23.1 Å². The minimum absolute atomic E-state index is 0.0577. The van der Waals surface area contributed by atoms with Gasteiger partial charge >= 0.3 is 6.18 Å².